The predicted molar refractivity (Wildman–Crippen MR) is 85.5 cm³/mol. The van der Waals surface area contributed by atoms with E-state index in [2.05, 4.69) is 20.5 Å². The molecular formula is C16H23N5O2. The number of pyridine rings is 1. The van der Waals surface area contributed by atoms with E-state index in [0.29, 0.717) is 18.3 Å². The zero-order chi connectivity index (χ0) is 16.8. The first kappa shape index (κ1) is 17.1. The van der Waals surface area contributed by atoms with Crippen molar-refractivity contribution in [2.45, 2.75) is 39.3 Å². The van der Waals surface area contributed by atoms with Gasteiger partial charge in [-0.05, 0) is 26.1 Å². The summed E-state index contributed by atoms with van der Waals surface area (Å²) in [5.74, 6) is 1.08. The lowest BCUT2D eigenvalue weighted by Gasteiger charge is -2.17. The summed E-state index contributed by atoms with van der Waals surface area (Å²) in [6.45, 7) is 6.67. The minimum Gasteiger partial charge on any atom is -0.423 e. The average molecular weight is 317 g/mol. The van der Waals surface area contributed by atoms with E-state index in [4.69, 9.17) is 4.42 Å². The Balaban J connectivity index is 1.83. The van der Waals surface area contributed by atoms with Crippen molar-refractivity contribution in [3.05, 3.63) is 41.9 Å². The van der Waals surface area contributed by atoms with E-state index in [0.717, 1.165) is 5.69 Å². The van der Waals surface area contributed by atoms with Gasteiger partial charge >= 0.3 is 0 Å². The van der Waals surface area contributed by atoms with Crippen LogP contribution < -0.4 is 5.32 Å². The van der Waals surface area contributed by atoms with Crippen LogP contribution in [-0.2, 0) is 11.3 Å². The SMILES string of the molecule is CC(C)c1nnc(C(C)NC(=O)CN(C)Cc2ccccn2)o1. The molecule has 2 aromatic rings. The zero-order valence-corrected chi connectivity index (χ0v) is 14.0. The van der Waals surface area contributed by atoms with Gasteiger partial charge in [0.15, 0.2) is 0 Å². The number of nitrogens with one attached hydrogen (secondary N) is 1. The minimum atomic E-state index is -0.314. The van der Waals surface area contributed by atoms with Gasteiger partial charge < -0.3 is 9.73 Å². The topological polar surface area (TPSA) is 84.2 Å². The Kier molecular flexibility index (Phi) is 5.81. The Bertz CT molecular complexity index is 626. The van der Waals surface area contributed by atoms with Crippen LogP contribution in [0.25, 0.3) is 0 Å². The van der Waals surface area contributed by atoms with E-state index >= 15 is 0 Å². The fourth-order valence-electron chi connectivity index (χ4n) is 2.07. The molecule has 23 heavy (non-hydrogen) atoms. The van der Waals surface area contributed by atoms with Crippen molar-refractivity contribution in [2.24, 2.45) is 0 Å². The van der Waals surface area contributed by atoms with Crippen molar-refractivity contribution in [2.75, 3.05) is 13.6 Å². The third kappa shape index (κ3) is 5.14. The summed E-state index contributed by atoms with van der Waals surface area (Å²) in [6.07, 6.45) is 1.74. The van der Waals surface area contributed by atoms with E-state index in [1.165, 1.54) is 0 Å². The second-order valence-electron chi connectivity index (χ2n) is 5.92. The molecule has 2 aromatic heterocycles. The average Bonchev–Trinajstić information content (AvgIpc) is 2.98. The Labute approximate surface area is 136 Å². The van der Waals surface area contributed by atoms with Gasteiger partial charge in [0.2, 0.25) is 17.7 Å². The van der Waals surface area contributed by atoms with Crippen molar-refractivity contribution in [1.29, 1.82) is 0 Å². The quantitative estimate of drug-likeness (QED) is 0.839. The maximum Gasteiger partial charge on any atom is 0.238 e. The number of hydrogen-bond donors (Lipinski definition) is 1. The fraction of sp³-hybridized carbons (Fsp3) is 0.500. The van der Waals surface area contributed by atoms with E-state index < -0.39 is 0 Å². The van der Waals surface area contributed by atoms with Gasteiger partial charge in [0.25, 0.3) is 0 Å². The summed E-state index contributed by atoms with van der Waals surface area (Å²) in [7, 11) is 1.88. The molecule has 0 bridgehead atoms. The Morgan fingerprint density at radius 2 is 2.00 bits per heavy atom. The molecule has 124 valence electrons. The molecule has 0 aliphatic carbocycles. The fourth-order valence-corrected chi connectivity index (χ4v) is 2.07. The molecule has 0 saturated carbocycles. The first-order valence-corrected chi connectivity index (χ1v) is 7.66. The van der Waals surface area contributed by atoms with Gasteiger partial charge in [0, 0.05) is 18.7 Å². The summed E-state index contributed by atoms with van der Waals surface area (Å²) >= 11 is 0. The highest BCUT2D eigenvalue weighted by Gasteiger charge is 2.18. The Hall–Kier alpha value is -2.28. The molecule has 2 heterocycles. The van der Waals surface area contributed by atoms with Crippen LogP contribution in [-0.4, -0.2) is 39.6 Å². The summed E-state index contributed by atoms with van der Waals surface area (Å²) in [6, 6.07) is 5.42. The number of carbonyl (C=O) groups is 1. The Morgan fingerprint density at radius 1 is 1.26 bits per heavy atom. The first-order chi connectivity index (χ1) is 11.0. The number of aromatic nitrogens is 3. The summed E-state index contributed by atoms with van der Waals surface area (Å²) in [4.78, 5) is 18.3. The maximum atomic E-state index is 12.1. The predicted octanol–water partition coefficient (Wildman–Crippen LogP) is 1.90. The molecule has 0 saturated heterocycles. The number of rotatable bonds is 7. The normalized spacial score (nSPS) is 12.6. The van der Waals surface area contributed by atoms with Crippen molar-refractivity contribution in [3.63, 3.8) is 0 Å². The molecule has 7 heteroatoms. The van der Waals surface area contributed by atoms with Crippen molar-refractivity contribution in [1.82, 2.24) is 25.4 Å². The van der Waals surface area contributed by atoms with Crippen LogP contribution >= 0.6 is 0 Å². The number of likely N-dealkylation sites (N-methyl/N-ethyl adjacent to an activating group) is 1. The van der Waals surface area contributed by atoms with Gasteiger partial charge in [0.1, 0.15) is 6.04 Å². The van der Waals surface area contributed by atoms with Gasteiger partial charge in [-0.3, -0.25) is 14.7 Å². The monoisotopic (exact) mass is 317 g/mol. The highest BCUT2D eigenvalue weighted by Crippen LogP contribution is 2.16. The van der Waals surface area contributed by atoms with Crippen LogP contribution in [0.15, 0.2) is 28.8 Å². The third-order valence-electron chi connectivity index (χ3n) is 3.27. The molecule has 2 rings (SSSR count). The molecule has 7 nitrogen and oxygen atoms in total. The standard InChI is InChI=1S/C16H23N5O2/c1-11(2)15-19-20-16(23-15)12(3)18-14(22)10-21(4)9-13-7-5-6-8-17-13/h5-8,11-12H,9-10H2,1-4H3,(H,18,22). The maximum absolute atomic E-state index is 12.1. The molecule has 0 aliphatic heterocycles. The smallest absolute Gasteiger partial charge is 0.238 e. The van der Waals surface area contributed by atoms with Gasteiger partial charge in [-0.1, -0.05) is 19.9 Å². The molecule has 1 N–H and O–H groups in total. The van der Waals surface area contributed by atoms with Gasteiger partial charge in [-0.25, -0.2) is 0 Å². The molecule has 0 aromatic carbocycles. The lowest BCUT2D eigenvalue weighted by molar-refractivity contribution is -0.122. The summed E-state index contributed by atoms with van der Waals surface area (Å²) < 4.78 is 5.55. The number of carbonyl (C=O) groups excluding carboxylic acids is 1. The number of amides is 1. The minimum absolute atomic E-state index is 0.0970. The van der Waals surface area contributed by atoms with Crippen molar-refractivity contribution >= 4 is 5.91 Å². The van der Waals surface area contributed by atoms with Crippen LogP contribution in [0.5, 0.6) is 0 Å². The first-order valence-electron chi connectivity index (χ1n) is 7.66. The van der Waals surface area contributed by atoms with E-state index in [9.17, 15) is 4.79 Å². The molecular weight excluding hydrogens is 294 g/mol. The largest absolute Gasteiger partial charge is 0.423 e. The number of nitrogens with zero attached hydrogens (tertiary/aromatic N) is 4. The van der Waals surface area contributed by atoms with E-state index in [-0.39, 0.29) is 24.4 Å². The summed E-state index contributed by atoms with van der Waals surface area (Å²) in [5.41, 5.74) is 0.925. The lowest BCUT2D eigenvalue weighted by atomic mass is 10.2. The van der Waals surface area contributed by atoms with E-state index in [1.54, 1.807) is 6.20 Å². The second kappa shape index (κ2) is 7.82. The Morgan fingerprint density at radius 3 is 2.61 bits per heavy atom. The third-order valence-corrected chi connectivity index (χ3v) is 3.27. The number of hydrogen-bond acceptors (Lipinski definition) is 6. The molecule has 0 radical (unpaired) electrons. The van der Waals surface area contributed by atoms with Gasteiger partial charge in [-0.2, -0.15) is 0 Å². The molecule has 0 fully saturated rings. The van der Waals surface area contributed by atoms with Gasteiger partial charge in [-0.15, -0.1) is 10.2 Å². The van der Waals surface area contributed by atoms with Crippen LogP contribution in [0, 0.1) is 0 Å². The summed E-state index contributed by atoms with van der Waals surface area (Å²) in [5, 5.41) is 10.8. The highest BCUT2D eigenvalue weighted by molar-refractivity contribution is 5.78. The molecule has 0 spiro atoms. The van der Waals surface area contributed by atoms with E-state index in [1.807, 2.05) is 50.9 Å². The van der Waals surface area contributed by atoms with Crippen LogP contribution in [0.2, 0.25) is 0 Å². The highest BCUT2D eigenvalue weighted by atomic mass is 16.4. The van der Waals surface area contributed by atoms with Gasteiger partial charge in [0.05, 0.1) is 12.2 Å². The zero-order valence-electron chi connectivity index (χ0n) is 14.0. The van der Waals surface area contributed by atoms with Crippen LogP contribution in [0.4, 0.5) is 0 Å². The van der Waals surface area contributed by atoms with Crippen LogP contribution in [0.3, 0.4) is 0 Å². The lowest BCUT2D eigenvalue weighted by Crippen LogP contribution is -2.36. The molecule has 1 amide bonds. The van der Waals surface area contributed by atoms with Crippen molar-refractivity contribution in [3.8, 4) is 0 Å². The molecule has 0 aliphatic rings. The molecule has 1 atom stereocenters. The molecule has 1 unspecified atom stereocenters. The second-order valence-corrected chi connectivity index (χ2v) is 5.92. The van der Waals surface area contributed by atoms with Crippen LogP contribution in [0.1, 0.15) is 50.2 Å². The van der Waals surface area contributed by atoms with Crippen molar-refractivity contribution < 1.29 is 9.21 Å².